The lowest BCUT2D eigenvalue weighted by Crippen LogP contribution is -1.98. The average Bonchev–Trinajstić information content (AvgIpc) is 2.82. The molecule has 0 unspecified atom stereocenters. The molecule has 1 N–H and O–H groups in total. The number of nitriles is 1. The number of hydrogen-bond donors (Lipinski definition) is 1. The van der Waals surface area contributed by atoms with Gasteiger partial charge < -0.3 is 14.8 Å². The van der Waals surface area contributed by atoms with Crippen LogP contribution in [-0.4, -0.2) is 13.2 Å². The van der Waals surface area contributed by atoms with E-state index in [4.69, 9.17) is 14.7 Å². The van der Waals surface area contributed by atoms with E-state index < -0.39 is 0 Å². The average molecular weight is 286 g/mol. The summed E-state index contributed by atoms with van der Waals surface area (Å²) < 4.78 is 11.3. The third-order valence-electron chi connectivity index (χ3n) is 2.99. The molecule has 0 atom stereocenters. The lowest BCUT2D eigenvalue weighted by atomic mass is 10.2. The van der Waals surface area contributed by atoms with Crippen molar-refractivity contribution in [3.63, 3.8) is 0 Å². The number of rotatable bonds is 3. The summed E-state index contributed by atoms with van der Waals surface area (Å²) in [7, 11) is 0. The smallest absolute Gasteiger partial charge is 0.163 e. The number of anilines is 1. The molecular weight excluding hydrogens is 272 g/mol. The van der Waals surface area contributed by atoms with Gasteiger partial charge in [-0.25, -0.2) is 0 Å². The van der Waals surface area contributed by atoms with Crippen molar-refractivity contribution in [3.05, 3.63) is 40.1 Å². The van der Waals surface area contributed by atoms with Crippen molar-refractivity contribution in [2.24, 2.45) is 0 Å². The van der Waals surface area contributed by atoms with E-state index in [1.165, 1.54) is 11.3 Å². The first kappa shape index (κ1) is 12.8. The highest BCUT2D eigenvalue weighted by molar-refractivity contribution is 7.12. The molecule has 0 bridgehead atoms. The fourth-order valence-corrected chi connectivity index (χ4v) is 2.74. The van der Waals surface area contributed by atoms with Crippen LogP contribution in [0.3, 0.4) is 0 Å². The van der Waals surface area contributed by atoms with Gasteiger partial charge in [-0.15, -0.1) is 11.3 Å². The van der Waals surface area contributed by atoms with Crippen LogP contribution in [-0.2, 0) is 6.54 Å². The van der Waals surface area contributed by atoms with Crippen molar-refractivity contribution in [1.82, 2.24) is 0 Å². The van der Waals surface area contributed by atoms with Gasteiger partial charge in [-0.3, -0.25) is 0 Å². The van der Waals surface area contributed by atoms with Crippen molar-refractivity contribution >= 4 is 17.0 Å². The molecule has 0 saturated carbocycles. The molecule has 2 heterocycles. The summed E-state index contributed by atoms with van der Waals surface area (Å²) in [6, 6.07) is 11.8. The Hall–Kier alpha value is -2.19. The van der Waals surface area contributed by atoms with E-state index in [1.54, 1.807) is 0 Å². The van der Waals surface area contributed by atoms with Gasteiger partial charge in [0, 0.05) is 29.6 Å². The zero-order valence-electron chi connectivity index (χ0n) is 10.9. The lowest BCUT2D eigenvalue weighted by Gasteiger charge is -2.10. The van der Waals surface area contributed by atoms with E-state index in [0.717, 1.165) is 33.4 Å². The molecule has 0 aliphatic carbocycles. The summed E-state index contributed by atoms with van der Waals surface area (Å²) >= 11 is 1.50. The van der Waals surface area contributed by atoms with Crippen molar-refractivity contribution in [1.29, 1.82) is 5.26 Å². The molecule has 0 spiro atoms. The molecule has 1 aliphatic heterocycles. The quantitative estimate of drug-likeness (QED) is 0.939. The number of fused-ring (bicyclic) bond motifs is 1. The Kier molecular flexibility index (Phi) is 3.75. The first-order valence-corrected chi connectivity index (χ1v) is 7.29. The Bertz CT molecular complexity index is 646. The number of nitrogens with zero attached hydrogens (tertiary/aromatic N) is 1. The summed E-state index contributed by atoms with van der Waals surface area (Å²) in [6.45, 7) is 2.09. The van der Waals surface area contributed by atoms with Gasteiger partial charge in [-0.05, 0) is 24.3 Å². The SMILES string of the molecule is N#Cc1ccc(CNc2ccc3c(c2)OCCCO3)s1. The van der Waals surface area contributed by atoms with Gasteiger partial charge in [0.1, 0.15) is 10.9 Å². The highest BCUT2D eigenvalue weighted by Gasteiger charge is 2.10. The van der Waals surface area contributed by atoms with Crippen LogP contribution in [0.15, 0.2) is 30.3 Å². The Balaban J connectivity index is 1.68. The lowest BCUT2D eigenvalue weighted by molar-refractivity contribution is 0.297. The molecule has 1 aromatic heterocycles. The van der Waals surface area contributed by atoms with Gasteiger partial charge in [0.05, 0.1) is 13.2 Å². The van der Waals surface area contributed by atoms with E-state index in [2.05, 4.69) is 11.4 Å². The number of thiophene rings is 1. The van der Waals surface area contributed by atoms with Gasteiger partial charge in [-0.2, -0.15) is 5.26 Å². The topological polar surface area (TPSA) is 54.3 Å². The second-order valence-electron chi connectivity index (χ2n) is 4.44. The van der Waals surface area contributed by atoms with E-state index in [0.29, 0.717) is 19.8 Å². The second-order valence-corrected chi connectivity index (χ2v) is 5.61. The molecule has 2 aromatic rings. The van der Waals surface area contributed by atoms with Crippen LogP contribution in [0.4, 0.5) is 5.69 Å². The maximum atomic E-state index is 8.80. The largest absolute Gasteiger partial charge is 0.490 e. The summed E-state index contributed by atoms with van der Waals surface area (Å²) in [5, 5.41) is 12.1. The molecule has 4 nitrogen and oxygen atoms in total. The van der Waals surface area contributed by atoms with Crippen molar-refractivity contribution in [3.8, 4) is 17.6 Å². The van der Waals surface area contributed by atoms with Crippen molar-refractivity contribution in [2.45, 2.75) is 13.0 Å². The minimum Gasteiger partial charge on any atom is -0.490 e. The minimum atomic E-state index is 0.687. The maximum absolute atomic E-state index is 8.80. The summed E-state index contributed by atoms with van der Waals surface area (Å²) in [6.07, 6.45) is 0.906. The van der Waals surface area contributed by atoms with E-state index in [9.17, 15) is 0 Å². The zero-order chi connectivity index (χ0) is 13.8. The van der Waals surface area contributed by atoms with E-state index in [1.807, 2.05) is 30.3 Å². The molecule has 3 rings (SSSR count). The molecule has 0 amide bonds. The first-order valence-electron chi connectivity index (χ1n) is 6.47. The molecule has 102 valence electrons. The minimum absolute atomic E-state index is 0.687. The van der Waals surface area contributed by atoms with Crippen LogP contribution < -0.4 is 14.8 Å². The highest BCUT2D eigenvalue weighted by Crippen LogP contribution is 2.32. The number of benzene rings is 1. The molecule has 0 radical (unpaired) electrons. The van der Waals surface area contributed by atoms with Gasteiger partial charge in [0.15, 0.2) is 11.5 Å². The van der Waals surface area contributed by atoms with Crippen molar-refractivity contribution < 1.29 is 9.47 Å². The molecule has 20 heavy (non-hydrogen) atoms. The van der Waals surface area contributed by atoms with Crippen LogP contribution in [0.1, 0.15) is 16.2 Å². The van der Waals surface area contributed by atoms with Crippen LogP contribution in [0.2, 0.25) is 0 Å². The fourth-order valence-electron chi connectivity index (χ4n) is 2.00. The van der Waals surface area contributed by atoms with Crippen LogP contribution in [0.25, 0.3) is 0 Å². The normalized spacial score (nSPS) is 13.3. The van der Waals surface area contributed by atoms with Gasteiger partial charge in [0.25, 0.3) is 0 Å². The Labute approximate surface area is 121 Å². The second kappa shape index (κ2) is 5.85. The monoisotopic (exact) mass is 286 g/mol. The number of hydrogen-bond acceptors (Lipinski definition) is 5. The van der Waals surface area contributed by atoms with Crippen LogP contribution in [0.5, 0.6) is 11.5 Å². The molecule has 1 aliphatic rings. The predicted molar refractivity (Wildman–Crippen MR) is 78.4 cm³/mol. The van der Waals surface area contributed by atoms with Crippen molar-refractivity contribution in [2.75, 3.05) is 18.5 Å². The molecule has 0 fully saturated rings. The zero-order valence-corrected chi connectivity index (χ0v) is 11.7. The molecule has 5 heteroatoms. The Morgan fingerprint density at radius 2 is 2.00 bits per heavy atom. The predicted octanol–water partition coefficient (Wildman–Crippen LogP) is 3.39. The number of nitrogens with one attached hydrogen (secondary N) is 1. The fraction of sp³-hybridized carbons (Fsp3) is 0.267. The Morgan fingerprint density at radius 3 is 2.80 bits per heavy atom. The maximum Gasteiger partial charge on any atom is 0.163 e. The summed E-state index contributed by atoms with van der Waals surface area (Å²) in [5.41, 5.74) is 0.987. The van der Waals surface area contributed by atoms with Gasteiger partial charge >= 0.3 is 0 Å². The summed E-state index contributed by atoms with van der Waals surface area (Å²) in [4.78, 5) is 1.87. The molecule has 1 aromatic carbocycles. The third kappa shape index (κ3) is 2.86. The van der Waals surface area contributed by atoms with Gasteiger partial charge in [0.2, 0.25) is 0 Å². The molecular formula is C15H14N2O2S. The first-order chi connectivity index (χ1) is 9.85. The van der Waals surface area contributed by atoms with E-state index >= 15 is 0 Å². The van der Waals surface area contributed by atoms with E-state index in [-0.39, 0.29) is 0 Å². The molecule has 0 saturated heterocycles. The standard InChI is InChI=1S/C15H14N2O2S/c16-9-12-3-4-13(20-12)10-17-11-2-5-14-15(8-11)19-7-1-6-18-14/h2-5,8,17H,1,6-7,10H2. The highest BCUT2D eigenvalue weighted by atomic mass is 32.1. The number of ether oxygens (including phenoxy) is 2. The van der Waals surface area contributed by atoms with Crippen LogP contribution >= 0.6 is 11.3 Å². The van der Waals surface area contributed by atoms with Crippen LogP contribution in [0, 0.1) is 11.3 Å². The third-order valence-corrected chi connectivity index (χ3v) is 3.98. The van der Waals surface area contributed by atoms with Gasteiger partial charge in [-0.1, -0.05) is 0 Å². The summed E-state index contributed by atoms with van der Waals surface area (Å²) in [5.74, 6) is 1.59. The Morgan fingerprint density at radius 1 is 1.15 bits per heavy atom.